The summed E-state index contributed by atoms with van der Waals surface area (Å²) in [5.41, 5.74) is 0.646. The van der Waals surface area contributed by atoms with Crippen LogP contribution in [0.1, 0.15) is 36.2 Å². The minimum absolute atomic E-state index is 0.0275. The van der Waals surface area contributed by atoms with Crippen LogP contribution in [-0.2, 0) is 16.6 Å². The van der Waals surface area contributed by atoms with Gasteiger partial charge in [0.15, 0.2) is 0 Å². The Hall–Kier alpha value is -1.77. The Balaban J connectivity index is 2.05. The monoisotopic (exact) mass is 442 g/mol. The summed E-state index contributed by atoms with van der Waals surface area (Å²) in [5, 5.41) is 2.62. The van der Waals surface area contributed by atoms with Gasteiger partial charge in [0.1, 0.15) is 5.82 Å². The average Bonchev–Trinajstić information content (AvgIpc) is 2.61. The van der Waals surface area contributed by atoms with Crippen molar-refractivity contribution >= 4 is 31.9 Å². The molecule has 8 heteroatoms. The second kappa shape index (κ2) is 8.75. The summed E-state index contributed by atoms with van der Waals surface area (Å²) < 4.78 is 41.4. The third-order valence-electron chi connectivity index (χ3n) is 3.84. The van der Waals surface area contributed by atoms with Crippen LogP contribution in [0.2, 0.25) is 0 Å². The first-order valence-corrected chi connectivity index (χ1v) is 10.3. The van der Waals surface area contributed by atoms with E-state index >= 15 is 0 Å². The van der Waals surface area contributed by atoms with Gasteiger partial charge in [-0.3, -0.25) is 4.79 Å². The van der Waals surface area contributed by atoms with Crippen molar-refractivity contribution in [3.8, 4) is 0 Å². The van der Waals surface area contributed by atoms with Crippen LogP contribution in [0.3, 0.4) is 0 Å². The average molecular weight is 443 g/mol. The highest BCUT2D eigenvalue weighted by atomic mass is 79.9. The highest BCUT2D eigenvalue weighted by molar-refractivity contribution is 9.10. The minimum Gasteiger partial charge on any atom is -0.348 e. The second-order valence-electron chi connectivity index (χ2n) is 5.87. The molecule has 1 atom stereocenters. The van der Waals surface area contributed by atoms with E-state index in [0.717, 1.165) is 0 Å². The van der Waals surface area contributed by atoms with Gasteiger partial charge >= 0.3 is 0 Å². The topological polar surface area (TPSA) is 75.3 Å². The van der Waals surface area contributed by atoms with Gasteiger partial charge in [-0.15, -0.1) is 0 Å². The van der Waals surface area contributed by atoms with E-state index in [1.54, 1.807) is 19.1 Å². The van der Waals surface area contributed by atoms with Crippen LogP contribution < -0.4 is 10.0 Å². The molecule has 2 rings (SSSR count). The van der Waals surface area contributed by atoms with Crippen LogP contribution in [0.25, 0.3) is 0 Å². The fourth-order valence-corrected chi connectivity index (χ4v) is 3.89. The van der Waals surface area contributed by atoms with E-state index in [-0.39, 0.29) is 17.5 Å². The van der Waals surface area contributed by atoms with Crippen molar-refractivity contribution in [3.05, 3.63) is 63.9 Å². The number of amides is 1. The zero-order valence-corrected chi connectivity index (χ0v) is 16.8. The maximum Gasteiger partial charge on any atom is 0.251 e. The van der Waals surface area contributed by atoms with E-state index < -0.39 is 21.7 Å². The molecule has 0 spiro atoms. The zero-order chi connectivity index (χ0) is 19.3. The molecule has 0 radical (unpaired) electrons. The Morgan fingerprint density at radius 1 is 1.19 bits per heavy atom. The third kappa shape index (κ3) is 5.36. The van der Waals surface area contributed by atoms with Gasteiger partial charge in [-0.25, -0.2) is 17.5 Å². The van der Waals surface area contributed by atoms with Gasteiger partial charge in [-0.1, -0.05) is 22.9 Å². The molecule has 0 heterocycles. The molecule has 0 aliphatic heterocycles. The van der Waals surface area contributed by atoms with Crippen LogP contribution in [0, 0.1) is 5.82 Å². The number of carbonyl (C=O) groups excluding carboxylic acids is 1. The lowest BCUT2D eigenvalue weighted by Gasteiger charge is -2.12. The lowest BCUT2D eigenvalue weighted by atomic mass is 10.2. The van der Waals surface area contributed by atoms with Crippen LogP contribution in [0.5, 0.6) is 0 Å². The van der Waals surface area contributed by atoms with E-state index in [2.05, 4.69) is 26.0 Å². The van der Waals surface area contributed by atoms with Gasteiger partial charge in [0.2, 0.25) is 10.0 Å². The molecule has 0 fully saturated rings. The summed E-state index contributed by atoms with van der Waals surface area (Å²) in [6, 6.07) is 9.91. The third-order valence-corrected chi connectivity index (χ3v) is 5.94. The number of carbonyl (C=O) groups is 1. The first-order chi connectivity index (χ1) is 12.2. The van der Waals surface area contributed by atoms with Crippen LogP contribution >= 0.6 is 15.9 Å². The van der Waals surface area contributed by atoms with Crippen LogP contribution in [-0.4, -0.2) is 20.4 Å². The summed E-state index contributed by atoms with van der Waals surface area (Å²) in [5.74, 6) is -0.825. The SMILES string of the molecule is CCC(C)NS(=O)(=O)c1ccc(C(=O)NCc2cc(Br)ccc2F)cc1. The maximum absolute atomic E-state index is 13.7. The van der Waals surface area contributed by atoms with Crippen molar-refractivity contribution in [2.24, 2.45) is 0 Å². The van der Waals surface area contributed by atoms with Gasteiger partial charge in [0.05, 0.1) is 4.90 Å². The molecule has 2 N–H and O–H groups in total. The van der Waals surface area contributed by atoms with Gasteiger partial charge in [0, 0.05) is 28.2 Å². The first kappa shape index (κ1) is 20.5. The van der Waals surface area contributed by atoms with E-state index in [1.807, 2.05) is 6.92 Å². The Morgan fingerprint density at radius 2 is 1.85 bits per heavy atom. The Bertz CT molecular complexity index is 886. The van der Waals surface area contributed by atoms with Crippen molar-refractivity contribution < 1.29 is 17.6 Å². The molecule has 0 saturated heterocycles. The van der Waals surface area contributed by atoms with E-state index in [9.17, 15) is 17.6 Å². The predicted molar refractivity (Wildman–Crippen MR) is 102 cm³/mol. The smallest absolute Gasteiger partial charge is 0.251 e. The van der Waals surface area contributed by atoms with Gasteiger partial charge in [0.25, 0.3) is 5.91 Å². The molecule has 0 bridgehead atoms. The van der Waals surface area contributed by atoms with Gasteiger partial charge in [-0.2, -0.15) is 0 Å². The number of benzene rings is 2. The van der Waals surface area contributed by atoms with Crippen molar-refractivity contribution in [1.82, 2.24) is 10.0 Å². The van der Waals surface area contributed by atoms with Gasteiger partial charge in [-0.05, 0) is 55.8 Å². The lowest BCUT2D eigenvalue weighted by molar-refractivity contribution is 0.0950. The Kier molecular flexibility index (Phi) is 6.91. The molecule has 1 unspecified atom stereocenters. The van der Waals surface area contributed by atoms with Gasteiger partial charge < -0.3 is 5.32 Å². The maximum atomic E-state index is 13.7. The molecule has 2 aromatic carbocycles. The number of sulfonamides is 1. The number of rotatable bonds is 7. The van der Waals surface area contributed by atoms with E-state index in [4.69, 9.17) is 0 Å². The lowest BCUT2D eigenvalue weighted by Crippen LogP contribution is -2.32. The molecule has 1 amide bonds. The van der Waals surface area contributed by atoms with Crippen molar-refractivity contribution in [3.63, 3.8) is 0 Å². The number of nitrogens with one attached hydrogen (secondary N) is 2. The minimum atomic E-state index is -3.62. The standard InChI is InChI=1S/C18H20BrFN2O3S/c1-3-12(2)22-26(24,25)16-7-4-13(5-8-16)18(23)21-11-14-10-15(19)6-9-17(14)20/h4-10,12,22H,3,11H2,1-2H3,(H,21,23). The summed E-state index contributed by atoms with van der Waals surface area (Å²) in [6.45, 7) is 3.69. The van der Waals surface area contributed by atoms with Crippen molar-refractivity contribution in [1.29, 1.82) is 0 Å². The largest absolute Gasteiger partial charge is 0.348 e. The molecule has 5 nitrogen and oxygen atoms in total. The molecule has 26 heavy (non-hydrogen) atoms. The van der Waals surface area contributed by atoms with Crippen molar-refractivity contribution in [2.75, 3.05) is 0 Å². The molecule has 0 aliphatic rings. The highest BCUT2D eigenvalue weighted by Crippen LogP contribution is 2.16. The quantitative estimate of drug-likeness (QED) is 0.687. The number of hydrogen-bond donors (Lipinski definition) is 2. The first-order valence-electron chi connectivity index (χ1n) is 8.07. The highest BCUT2D eigenvalue weighted by Gasteiger charge is 2.17. The molecule has 0 aromatic heterocycles. The van der Waals surface area contributed by atoms with Crippen molar-refractivity contribution in [2.45, 2.75) is 37.8 Å². The summed E-state index contributed by atoms with van der Waals surface area (Å²) >= 11 is 3.25. The zero-order valence-electron chi connectivity index (χ0n) is 14.4. The summed E-state index contributed by atoms with van der Waals surface area (Å²) in [7, 11) is -3.62. The predicted octanol–water partition coefficient (Wildman–Crippen LogP) is 3.60. The number of halogens is 2. The molecular weight excluding hydrogens is 423 g/mol. The molecule has 140 valence electrons. The Morgan fingerprint density at radius 3 is 2.46 bits per heavy atom. The second-order valence-corrected chi connectivity index (χ2v) is 8.50. The van der Waals surface area contributed by atoms with Crippen LogP contribution in [0.4, 0.5) is 4.39 Å². The summed E-state index contributed by atoms with van der Waals surface area (Å²) in [6.07, 6.45) is 0.672. The molecule has 0 aliphatic carbocycles. The van der Waals surface area contributed by atoms with E-state index in [0.29, 0.717) is 22.0 Å². The fraction of sp³-hybridized carbons (Fsp3) is 0.278. The molecular formula is C18H20BrFN2O3S. The normalized spacial score (nSPS) is 12.6. The number of hydrogen-bond acceptors (Lipinski definition) is 3. The molecule has 2 aromatic rings. The van der Waals surface area contributed by atoms with E-state index in [1.165, 1.54) is 30.3 Å². The molecule has 0 saturated carbocycles. The fourth-order valence-electron chi connectivity index (χ4n) is 2.16. The van der Waals surface area contributed by atoms with Crippen LogP contribution in [0.15, 0.2) is 51.8 Å². The summed E-state index contributed by atoms with van der Waals surface area (Å²) in [4.78, 5) is 12.3. The Labute approximate surface area is 161 Å².